The highest BCUT2D eigenvalue weighted by atomic mass is 16.3. The topological polar surface area (TPSA) is 40.5 Å². The van der Waals surface area contributed by atoms with Crippen LogP contribution in [0.25, 0.3) is 0 Å². The summed E-state index contributed by atoms with van der Waals surface area (Å²) >= 11 is 0. The molecule has 0 amide bonds. The van der Waals surface area contributed by atoms with E-state index in [1.807, 2.05) is 13.8 Å². The minimum Gasteiger partial charge on any atom is -0.393 e. The van der Waals surface area contributed by atoms with Crippen molar-refractivity contribution in [1.82, 2.24) is 0 Å². The average molecular weight is 489 g/mol. The first-order chi connectivity index (χ1) is 16.5. The summed E-state index contributed by atoms with van der Waals surface area (Å²) in [5.74, 6) is 4.42. The van der Waals surface area contributed by atoms with Crippen molar-refractivity contribution in [3.05, 3.63) is 0 Å². The van der Waals surface area contributed by atoms with E-state index in [1.165, 1.54) is 77.0 Å². The Kier molecular flexibility index (Phi) is 8.45. The van der Waals surface area contributed by atoms with Crippen LogP contribution in [-0.4, -0.2) is 21.9 Å². The van der Waals surface area contributed by atoms with Crippen molar-refractivity contribution in [2.75, 3.05) is 0 Å². The van der Waals surface area contributed by atoms with E-state index in [1.54, 1.807) is 0 Å². The Morgan fingerprint density at radius 3 is 2.09 bits per heavy atom. The van der Waals surface area contributed by atoms with Gasteiger partial charge in [0.1, 0.15) is 0 Å². The molecule has 0 aromatic rings. The van der Waals surface area contributed by atoms with Crippen molar-refractivity contribution >= 4 is 0 Å². The van der Waals surface area contributed by atoms with Gasteiger partial charge in [-0.15, -0.1) is 0 Å². The Balaban J connectivity index is 0.00000141. The van der Waals surface area contributed by atoms with Gasteiger partial charge in [-0.1, -0.05) is 54.4 Å². The minimum absolute atomic E-state index is 0.0300. The van der Waals surface area contributed by atoms with Crippen molar-refractivity contribution in [1.29, 1.82) is 0 Å². The number of rotatable bonds is 4. The molecule has 0 aliphatic heterocycles. The minimum atomic E-state index is -0.374. The molecule has 0 heterocycles. The summed E-state index contributed by atoms with van der Waals surface area (Å²) in [6.07, 6.45) is 21.4. The van der Waals surface area contributed by atoms with Crippen molar-refractivity contribution in [3.8, 4) is 0 Å². The highest BCUT2D eigenvalue weighted by Gasteiger charge is 2.58. The molecule has 0 spiro atoms. The van der Waals surface area contributed by atoms with E-state index in [9.17, 15) is 10.2 Å². The van der Waals surface area contributed by atoms with Gasteiger partial charge in [0.2, 0.25) is 0 Å². The fourth-order valence-corrected chi connectivity index (χ4v) is 10.3. The van der Waals surface area contributed by atoms with Gasteiger partial charge in [0, 0.05) is 0 Å². The highest BCUT2D eigenvalue weighted by Crippen LogP contribution is 2.66. The average Bonchev–Trinajstić information content (AvgIpc) is 2.83. The summed E-state index contributed by atoms with van der Waals surface area (Å²) in [6, 6.07) is 0. The third-order valence-corrected chi connectivity index (χ3v) is 12.8. The fourth-order valence-electron chi connectivity index (χ4n) is 10.3. The van der Waals surface area contributed by atoms with Crippen molar-refractivity contribution < 1.29 is 10.2 Å². The summed E-state index contributed by atoms with van der Waals surface area (Å²) in [5.41, 5.74) is 1.09. The van der Waals surface area contributed by atoms with Crippen molar-refractivity contribution in [2.24, 2.45) is 45.8 Å². The molecule has 8 atom stereocenters. The van der Waals surface area contributed by atoms with E-state index in [0.29, 0.717) is 16.2 Å². The molecule has 204 valence electrons. The van der Waals surface area contributed by atoms with Crippen molar-refractivity contribution in [2.45, 2.75) is 162 Å². The smallest absolute Gasteiger partial charge is 0.0648 e. The van der Waals surface area contributed by atoms with E-state index in [4.69, 9.17) is 0 Å². The highest BCUT2D eigenvalue weighted by molar-refractivity contribution is 5.08. The largest absolute Gasteiger partial charge is 0.393 e. The van der Waals surface area contributed by atoms with Gasteiger partial charge in [0.15, 0.2) is 0 Å². The zero-order chi connectivity index (χ0) is 25.5. The van der Waals surface area contributed by atoms with Gasteiger partial charge in [-0.2, -0.15) is 0 Å². The maximum absolute atomic E-state index is 11.2. The lowest BCUT2D eigenvalue weighted by Gasteiger charge is -2.64. The van der Waals surface area contributed by atoms with Gasteiger partial charge in [0.25, 0.3) is 0 Å². The Bertz CT molecular complexity index is 689. The van der Waals surface area contributed by atoms with Crippen LogP contribution < -0.4 is 0 Å². The third-order valence-electron chi connectivity index (χ3n) is 12.8. The molecule has 2 nitrogen and oxygen atoms in total. The molecule has 0 bridgehead atoms. The molecular formula is C33H60O2. The van der Waals surface area contributed by atoms with Gasteiger partial charge < -0.3 is 10.2 Å². The number of hydrogen-bond acceptors (Lipinski definition) is 2. The van der Waals surface area contributed by atoms with E-state index in [0.717, 1.165) is 61.7 Å². The van der Waals surface area contributed by atoms with Crippen LogP contribution >= 0.6 is 0 Å². The monoisotopic (exact) mass is 488 g/mol. The van der Waals surface area contributed by atoms with Crippen LogP contribution in [0.1, 0.15) is 151 Å². The Morgan fingerprint density at radius 1 is 0.714 bits per heavy atom. The van der Waals surface area contributed by atoms with Gasteiger partial charge in [-0.25, -0.2) is 0 Å². The molecule has 0 saturated heterocycles. The second-order valence-electron chi connectivity index (χ2n) is 15.0. The molecule has 0 aromatic heterocycles. The lowest BCUT2D eigenvalue weighted by molar-refractivity contribution is -0.152. The summed E-state index contributed by atoms with van der Waals surface area (Å²) in [5, 5.41) is 21.5. The summed E-state index contributed by atoms with van der Waals surface area (Å²) < 4.78 is 0. The zero-order valence-electron chi connectivity index (χ0n) is 24.4. The Labute approximate surface area is 218 Å². The zero-order valence-corrected chi connectivity index (χ0v) is 24.4. The molecule has 0 radical (unpaired) electrons. The predicted octanol–water partition coefficient (Wildman–Crippen LogP) is 8.92. The SMILES string of the molecule is CC.CC1(C)CCC(O)(CCC[C@H]2CCCC3C4CCC5CC(O)CCC5(C)C4CCC32C)CC1. The normalized spacial score (nSPS) is 46.3. The lowest BCUT2D eigenvalue weighted by Crippen LogP contribution is -2.56. The first kappa shape index (κ1) is 27.9. The van der Waals surface area contributed by atoms with Crippen LogP contribution in [0.15, 0.2) is 0 Å². The maximum Gasteiger partial charge on any atom is 0.0648 e. The van der Waals surface area contributed by atoms with E-state index >= 15 is 0 Å². The molecule has 2 heteroatoms. The van der Waals surface area contributed by atoms with Gasteiger partial charge >= 0.3 is 0 Å². The lowest BCUT2D eigenvalue weighted by atomic mass is 9.41. The second-order valence-corrected chi connectivity index (χ2v) is 15.0. The second kappa shape index (κ2) is 10.6. The summed E-state index contributed by atoms with van der Waals surface area (Å²) in [6.45, 7) is 14.1. The molecule has 2 N–H and O–H groups in total. The van der Waals surface area contributed by atoms with Crippen molar-refractivity contribution in [3.63, 3.8) is 0 Å². The van der Waals surface area contributed by atoms with E-state index in [-0.39, 0.29) is 11.7 Å². The van der Waals surface area contributed by atoms with Gasteiger partial charge in [0.05, 0.1) is 11.7 Å². The summed E-state index contributed by atoms with van der Waals surface area (Å²) in [4.78, 5) is 0. The number of fused-ring (bicyclic) bond motifs is 5. The standard InChI is InChI=1S/C31H54O2.C2H6/c1-28(2)17-19-31(33,20-18-28)14-6-8-22-7-5-9-26-25-11-10-23-21-24(32)12-15-30(23,4)27(25)13-16-29(22,26)3;1-2/h22-27,32-33H,5-21H2,1-4H3;1-2H3/t22-,23?,24?,25?,26?,27?,29?,30?;/m1./s1. The predicted molar refractivity (Wildman–Crippen MR) is 148 cm³/mol. The first-order valence-electron chi connectivity index (χ1n) is 16.0. The van der Waals surface area contributed by atoms with Crippen LogP contribution in [-0.2, 0) is 0 Å². The Morgan fingerprint density at radius 2 is 1.37 bits per heavy atom. The molecule has 0 aromatic carbocycles. The van der Waals surface area contributed by atoms with Crippen LogP contribution in [0, 0.1) is 45.8 Å². The fraction of sp³-hybridized carbons (Fsp3) is 1.00. The molecule has 5 aliphatic rings. The molecule has 7 unspecified atom stereocenters. The van der Waals surface area contributed by atoms with Gasteiger partial charge in [-0.3, -0.25) is 0 Å². The van der Waals surface area contributed by atoms with E-state index < -0.39 is 0 Å². The first-order valence-corrected chi connectivity index (χ1v) is 16.0. The quantitative estimate of drug-likeness (QED) is 0.414. The molecule has 35 heavy (non-hydrogen) atoms. The number of aliphatic hydroxyl groups excluding tert-OH is 1. The van der Waals surface area contributed by atoms with E-state index in [2.05, 4.69) is 27.7 Å². The molecule has 5 aliphatic carbocycles. The molecule has 5 fully saturated rings. The van der Waals surface area contributed by atoms with Gasteiger partial charge in [-0.05, 0) is 142 Å². The maximum atomic E-state index is 11.2. The van der Waals surface area contributed by atoms with Crippen LogP contribution in [0.4, 0.5) is 0 Å². The molecule has 5 rings (SSSR count). The van der Waals surface area contributed by atoms with Crippen LogP contribution in [0.5, 0.6) is 0 Å². The number of hydrogen-bond donors (Lipinski definition) is 2. The van der Waals surface area contributed by atoms with Crippen LogP contribution in [0.3, 0.4) is 0 Å². The van der Waals surface area contributed by atoms with Crippen LogP contribution in [0.2, 0.25) is 0 Å². The molecular weight excluding hydrogens is 428 g/mol. The molecule has 5 saturated carbocycles. The Hall–Kier alpha value is -0.0800. The number of aliphatic hydroxyl groups is 2. The summed E-state index contributed by atoms with van der Waals surface area (Å²) in [7, 11) is 0. The third kappa shape index (κ3) is 5.41.